The highest BCUT2D eigenvalue weighted by atomic mass is 79.9. The fourth-order valence-corrected chi connectivity index (χ4v) is 2.98. The van der Waals surface area contributed by atoms with Crippen molar-refractivity contribution in [3.8, 4) is 22.9 Å². The molecule has 8 heteroatoms. The SMILES string of the molecule is Brc1ccc(-c2nnc(SCc3noc(-c4ccccc4)n3)o2)cc1. The van der Waals surface area contributed by atoms with E-state index in [1.807, 2.05) is 54.6 Å². The second-order valence-corrected chi connectivity index (χ2v) is 6.89. The van der Waals surface area contributed by atoms with Crippen LogP contribution in [0.5, 0.6) is 0 Å². The molecule has 0 saturated carbocycles. The summed E-state index contributed by atoms with van der Waals surface area (Å²) in [5.41, 5.74) is 1.76. The Morgan fingerprint density at radius 3 is 2.44 bits per heavy atom. The molecule has 6 nitrogen and oxygen atoms in total. The lowest BCUT2D eigenvalue weighted by atomic mass is 10.2. The van der Waals surface area contributed by atoms with E-state index in [9.17, 15) is 0 Å². The molecule has 25 heavy (non-hydrogen) atoms. The van der Waals surface area contributed by atoms with Crippen LogP contribution >= 0.6 is 27.7 Å². The molecule has 2 aromatic carbocycles. The van der Waals surface area contributed by atoms with E-state index in [2.05, 4.69) is 36.3 Å². The summed E-state index contributed by atoms with van der Waals surface area (Å²) in [5, 5.41) is 12.5. The minimum absolute atomic E-state index is 0.462. The van der Waals surface area contributed by atoms with Crippen LogP contribution in [0.1, 0.15) is 5.82 Å². The van der Waals surface area contributed by atoms with Crippen LogP contribution in [0.25, 0.3) is 22.9 Å². The van der Waals surface area contributed by atoms with Crippen molar-refractivity contribution in [1.29, 1.82) is 0 Å². The minimum atomic E-state index is 0.462. The van der Waals surface area contributed by atoms with Gasteiger partial charge in [0.15, 0.2) is 5.82 Å². The topological polar surface area (TPSA) is 77.8 Å². The van der Waals surface area contributed by atoms with Gasteiger partial charge in [-0.15, -0.1) is 10.2 Å². The second-order valence-electron chi connectivity index (χ2n) is 5.05. The average molecular weight is 415 g/mol. The Morgan fingerprint density at radius 1 is 0.880 bits per heavy atom. The molecular weight excluding hydrogens is 404 g/mol. The number of benzene rings is 2. The molecule has 0 unspecified atom stereocenters. The van der Waals surface area contributed by atoms with Crippen LogP contribution in [-0.4, -0.2) is 20.3 Å². The summed E-state index contributed by atoms with van der Waals surface area (Å²) < 4.78 is 11.9. The van der Waals surface area contributed by atoms with Crippen molar-refractivity contribution in [3.63, 3.8) is 0 Å². The van der Waals surface area contributed by atoms with Gasteiger partial charge in [-0.3, -0.25) is 0 Å². The maximum Gasteiger partial charge on any atom is 0.277 e. The van der Waals surface area contributed by atoms with Gasteiger partial charge >= 0.3 is 0 Å². The monoisotopic (exact) mass is 414 g/mol. The fourth-order valence-electron chi connectivity index (χ4n) is 2.11. The zero-order valence-corrected chi connectivity index (χ0v) is 15.2. The molecule has 4 aromatic rings. The number of aromatic nitrogens is 4. The van der Waals surface area contributed by atoms with Crippen LogP contribution in [0.3, 0.4) is 0 Å². The Kier molecular flexibility index (Phi) is 4.62. The Labute approximate surface area is 155 Å². The summed E-state index contributed by atoms with van der Waals surface area (Å²) in [6.45, 7) is 0. The van der Waals surface area contributed by atoms with Crippen LogP contribution in [0.4, 0.5) is 0 Å². The van der Waals surface area contributed by atoms with Crippen molar-refractivity contribution in [2.24, 2.45) is 0 Å². The lowest BCUT2D eigenvalue weighted by molar-refractivity contribution is 0.425. The van der Waals surface area contributed by atoms with E-state index < -0.39 is 0 Å². The number of halogens is 1. The molecule has 0 bridgehead atoms. The quantitative estimate of drug-likeness (QED) is 0.432. The first-order chi connectivity index (χ1) is 12.3. The minimum Gasteiger partial charge on any atom is -0.411 e. The molecule has 2 heterocycles. The fraction of sp³-hybridized carbons (Fsp3) is 0.0588. The van der Waals surface area contributed by atoms with Gasteiger partial charge in [0.25, 0.3) is 11.1 Å². The summed E-state index contributed by atoms with van der Waals surface area (Å²) in [6.07, 6.45) is 0. The third-order valence-electron chi connectivity index (χ3n) is 3.31. The van der Waals surface area contributed by atoms with Gasteiger partial charge in [0, 0.05) is 15.6 Å². The van der Waals surface area contributed by atoms with Gasteiger partial charge in [-0.25, -0.2) is 0 Å². The lowest BCUT2D eigenvalue weighted by Crippen LogP contribution is -1.84. The average Bonchev–Trinajstić information content (AvgIpc) is 3.31. The van der Waals surface area contributed by atoms with Gasteiger partial charge in [-0.05, 0) is 36.4 Å². The standard InChI is InChI=1S/C17H11BrN4O2S/c18-13-8-6-12(7-9-13)16-20-21-17(23-16)25-10-14-19-15(24-22-14)11-4-2-1-3-5-11/h1-9H,10H2. The van der Waals surface area contributed by atoms with E-state index in [1.54, 1.807) is 0 Å². The molecule has 0 fully saturated rings. The van der Waals surface area contributed by atoms with Crippen molar-refractivity contribution in [2.75, 3.05) is 0 Å². The first-order valence-corrected chi connectivity index (χ1v) is 9.16. The lowest BCUT2D eigenvalue weighted by Gasteiger charge is -1.94. The van der Waals surface area contributed by atoms with Crippen molar-refractivity contribution in [1.82, 2.24) is 20.3 Å². The Balaban J connectivity index is 1.42. The molecule has 0 atom stereocenters. The Bertz CT molecular complexity index is 970. The first-order valence-electron chi connectivity index (χ1n) is 7.38. The number of thioether (sulfide) groups is 1. The summed E-state index contributed by atoms with van der Waals surface area (Å²) in [4.78, 5) is 4.38. The predicted octanol–water partition coefficient (Wildman–Crippen LogP) is 4.84. The van der Waals surface area contributed by atoms with Crippen LogP contribution in [-0.2, 0) is 5.75 Å². The van der Waals surface area contributed by atoms with Crippen molar-refractivity contribution in [2.45, 2.75) is 11.0 Å². The van der Waals surface area contributed by atoms with Gasteiger partial charge in [-0.2, -0.15) is 4.98 Å². The van der Waals surface area contributed by atoms with E-state index in [0.717, 1.165) is 15.6 Å². The summed E-state index contributed by atoms with van der Waals surface area (Å²) in [6, 6.07) is 17.3. The molecule has 2 aromatic heterocycles. The highest BCUT2D eigenvalue weighted by Crippen LogP contribution is 2.26. The number of rotatable bonds is 5. The molecule has 124 valence electrons. The third kappa shape index (κ3) is 3.80. The van der Waals surface area contributed by atoms with Crippen LogP contribution < -0.4 is 0 Å². The van der Waals surface area contributed by atoms with Gasteiger partial charge < -0.3 is 8.94 Å². The van der Waals surface area contributed by atoms with E-state index in [4.69, 9.17) is 8.94 Å². The van der Waals surface area contributed by atoms with E-state index in [-0.39, 0.29) is 0 Å². The van der Waals surface area contributed by atoms with Gasteiger partial charge in [0.05, 0.1) is 5.75 Å². The normalized spacial score (nSPS) is 10.9. The van der Waals surface area contributed by atoms with E-state index in [0.29, 0.717) is 28.6 Å². The maximum atomic E-state index is 5.66. The molecule has 0 radical (unpaired) electrons. The molecule has 0 N–H and O–H groups in total. The summed E-state index contributed by atoms with van der Waals surface area (Å²) in [7, 11) is 0. The molecular formula is C17H11BrN4O2S. The zero-order chi connectivity index (χ0) is 17.1. The predicted molar refractivity (Wildman–Crippen MR) is 96.7 cm³/mol. The zero-order valence-electron chi connectivity index (χ0n) is 12.8. The summed E-state index contributed by atoms with van der Waals surface area (Å²) >= 11 is 4.77. The highest BCUT2D eigenvalue weighted by Gasteiger charge is 2.12. The Hall–Kier alpha value is -2.45. The van der Waals surface area contributed by atoms with Crippen molar-refractivity contribution in [3.05, 3.63) is 64.9 Å². The molecule has 0 spiro atoms. The van der Waals surface area contributed by atoms with E-state index in [1.165, 1.54) is 11.8 Å². The first kappa shape index (κ1) is 16.0. The molecule has 0 aliphatic heterocycles. The molecule has 4 rings (SSSR count). The Morgan fingerprint density at radius 2 is 1.64 bits per heavy atom. The number of hydrogen-bond donors (Lipinski definition) is 0. The molecule has 0 amide bonds. The van der Waals surface area contributed by atoms with Crippen molar-refractivity contribution >= 4 is 27.7 Å². The van der Waals surface area contributed by atoms with Crippen LogP contribution in [0.2, 0.25) is 0 Å². The molecule has 0 aliphatic carbocycles. The van der Waals surface area contributed by atoms with Gasteiger partial charge in [-0.1, -0.05) is 51.0 Å². The number of nitrogens with zero attached hydrogens (tertiary/aromatic N) is 4. The molecule has 0 saturated heterocycles. The van der Waals surface area contributed by atoms with E-state index >= 15 is 0 Å². The van der Waals surface area contributed by atoms with Crippen LogP contribution in [0.15, 0.2) is 73.2 Å². The number of hydrogen-bond acceptors (Lipinski definition) is 7. The smallest absolute Gasteiger partial charge is 0.277 e. The summed E-state index contributed by atoms with van der Waals surface area (Å²) in [5.74, 6) is 2.04. The largest absolute Gasteiger partial charge is 0.411 e. The maximum absolute atomic E-state index is 5.66. The highest BCUT2D eigenvalue weighted by molar-refractivity contribution is 9.10. The van der Waals surface area contributed by atoms with Gasteiger partial charge in [0.2, 0.25) is 5.89 Å². The third-order valence-corrected chi connectivity index (χ3v) is 4.65. The second kappa shape index (κ2) is 7.20. The van der Waals surface area contributed by atoms with Gasteiger partial charge in [0.1, 0.15) is 0 Å². The van der Waals surface area contributed by atoms with Crippen molar-refractivity contribution < 1.29 is 8.94 Å². The van der Waals surface area contributed by atoms with Crippen LogP contribution in [0, 0.1) is 0 Å². The molecule has 0 aliphatic rings.